The van der Waals surface area contributed by atoms with E-state index in [1.807, 2.05) is 32.0 Å². The van der Waals surface area contributed by atoms with Crippen LogP contribution in [0.5, 0.6) is 0 Å². The highest BCUT2D eigenvalue weighted by atomic mass is 16.6. The molecule has 0 unspecified atom stereocenters. The number of hydrogen-bond donors (Lipinski definition) is 0. The van der Waals surface area contributed by atoms with Crippen molar-refractivity contribution in [2.45, 2.75) is 13.8 Å². The molecule has 0 aliphatic carbocycles. The van der Waals surface area contributed by atoms with Crippen molar-refractivity contribution in [3.63, 3.8) is 0 Å². The smallest absolute Gasteiger partial charge is 0.292 e. The summed E-state index contributed by atoms with van der Waals surface area (Å²) in [5, 5.41) is 11.3. The Hall–Kier alpha value is -2.70. The van der Waals surface area contributed by atoms with Crippen molar-refractivity contribution in [3.8, 4) is 0 Å². The Kier molecular flexibility index (Phi) is 4.10. The number of aryl methyl sites for hydroxylation is 2. The van der Waals surface area contributed by atoms with Crippen LogP contribution >= 0.6 is 0 Å². The fourth-order valence-electron chi connectivity index (χ4n) is 2.84. The average molecular weight is 313 g/mol. The highest BCUT2D eigenvalue weighted by Crippen LogP contribution is 2.30. The lowest BCUT2D eigenvalue weighted by Crippen LogP contribution is -2.47. The molecule has 0 spiro atoms. The molecular weight excluding hydrogens is 294 g/mol. The summed E-state index contributed by atoms with van der Waals surface area (Å²) >= 11 is 0. The third kappa shape index (κ3) is 3.23. The zero-order valence-electron chi connectivity index (χ0n) is 13.3. The van der Waals surface area contributed by atoms with E-state index in [1.165, 1.54) is 0 Å². The molecule has 3 rings (SSSR count). The van der Waals surface area contributed by atoms with Gasteiger partial charge in [-0.05, 0) is 31.5 Å². The molecule has 0 bridgehead atoms. The van der Waals surface area contributed by atoms with Gasteiger partial charge in [0.1, 0.15) is 17.3 Å². The Bertz CT molecular complexity index is 726. The molecule has 1 aliphatic rings. The van der Waals surface area contributed by atoms with Crippen molar-refractivity contribution in [2.24, 2.45) is 0 Å². The van der Waals surface area contributed by atoms with E-state index < -0.39 is 0 Å². The second kappa shape index (κ2) is 6.20. The van der Waals surface area contributed by atoms with Crippen LogP contribution < -0.4 is 9.80 Å². The van der Waals surface area contributed by atoms with Gasteiger partial charge in [-0.3, -0.25) is 10.1 Å². The summed E-state index contributed by atoms with van der Waals surface area (Å²) in [4.78, 5) is 23.8. The molecular formula is C16H19N5O2. The number of nitrogens with zero attached hydrogens (tertiary/aromatic N) is 5. The molecule has 7 nitrogen and oxygen atoms in total. The number of anilines is 2. The molecule has 0 saturated carbocycles. The van der Waals surface area contributed by atoms with Crippen LogP contribution in [0.3, 0.4) is 0 Å². The van der Waals surface area contributed by atoms with Crippen LogP contribution in [0, 0.1) is 24.0 Å². The first kappa shape index (κ1) is 15.2. The summed E-state index contributed by atoms with van der Waals surface area (Å²) in [7, 11) is 0. The minimum Gasteiger partial charge on any atom is -0.362 e. The van der Waals surface area contributed by atoms with E-state index in [-0.39, 0.29) is 10.6 Å². The van der Waals surface area contributed by atoms with Gasteiger partial charge < -0.3 is 9.80 Å². The molecule has 120 valence electrons. The molecule has 7 heteroatoms. The van der Waals surface area contributed by atoms with Crippen LogP contribution in [0.25, 0.3) is 0 Å². The van der Waals surface area contributed by atoms with Crippen LogP contribution in [0.15, 0.2) is 30.5 Å². The standard InChI is InChI=1S/C16H19N5O2/c1-12-3-4-14(15(11-12)21(22)23)19-7-9-20(10-8-19)16-5-6-17-13(2)18-16/h3-6,11H,7-10H2,1-2H3. The number of aromatic nitrogens is 2. The highest BCUT2D eigenvalue weighted by molar-refractivity contribution is 5.65. The first-order valence-corrected chi connectivity index (χ1v) is 7.59. The quantitative estimate of drug-likeness (QED) is 0.639. The van der Waals surface area contributed by atoms with Crippen molar-refractivity contribution >= 4 is 17.2 Å². The average Bonchev–Trinajstić information content (AvgIpc) is 2.55. The second-order valence-electron chi connectivity index (χ2n) is 5.69. The van der Waals surface area contributed by atoms with Crippen molar-refractivity contribution in [3.05, 3.63) is 52.0 Å². The van der Waals surface area contributed by atoms with Gasteiger partial charge in [0.15, 0.2) is 0 Å². The van der Waals surface area contributed by atoms with Gasteiger partial charge >= 0.3 is 0 Å². The number of rotatable bonds is 3. The first-order chi connectivity index (χ1) is 11.0. The lowest BCUT2D eigenvalue weighted by Gasteiger charge is -2.36. The molecule has 0 amide bonds. The highest BCUT2D eigenvalue weighted by Gasteiger charge is 2.24. The van der Waals surface area contributed by atoms with Gasteiger partial charge in [0, 0.05) is 38.4 Å². The van der Waals surface area contributed by atoms with Gasteiger partial charge in [-0.1, -0.05) is 6.07 Å². The van der Waals surface area contributed by atoms with Crippen LogP contribution in [0.1, 0.15) is 11.4 Å². The van der Waals surface area contributed by atoms with Crippen molar-refractivity contribution in [2.75, 3.05) is 36.0 Å². The van der Waals surface area contributed by atoms with Gasteiger partial charge in [-0.2, -0.15) is 0 Å². The summed E-state index contributed by atoms with van der Waals surface area (Å²) in [5.74, 6) is 1.66. The zero-order chi connectivity index (χ0) is 16.4. The van der Waals surface area contributed by atoms with Gasteiger partial charge in [-0.25, -0.2) is 9.97 Å². The molecule has 1 aliphatic heterocycles. The van der Waals surface area contributed by atoms with Gasteiger partial charge in [0.25, 0.3) is 5.69 Å². The monoisotopic (exact) mass is 313 g/mol. The minimum atomic E-state index is -0.303. The molecule has 0 atom stereocenters. The molecule has 0 N–H and O–H groups in total. The van der Waals surface area contributed by atoms with Gasteiger partial charge in [0.05, 0.1) is 4.92 Å². The topological polar surface area (TPSA) is 75.4 Å². The van der Waals surface area contributed by atoms with E-state index in [0.29, 0.717) is 5.69 Å². The second-order valence-corrected chi connectivity index (χ2v) is 5.69. The SMILES string of the molecule is Cc1ccc(N2CCN(c3ccnc(C)n3)CC2)c([N+](=O)[O-])c1. The Morgan fingerprint density at radius 2 is 1.78 bits per heavy atom. The fourth-order valence-corrected chi connectivity index (χ4v) is 2.84. The number of nitro benzene ring substituents is 1. The summed E-state index contributed by atoms with van der Waals surface area (Å²) in [6, 6.07) is 7.30. The summed E-state index contributed by atoms with van der Waals surface area (Å²) in [6.45, 7) is 6.75. The predicted molar refractivity (Wildman–Crippen MR) is 89.0 cm³/mol. The van der Waals surface area contributed by atoms with E-state index in [0.717, 1.165) is 43.4 Å². The molecule has 0 radical (unpaired) electrons. The van der Waals surface area contributed by atoms with E-state index in [9.17, 15) is 10.1 Å². The van der Waals surface area contributed by atoms with Crippen molar-refractivity contribution in [1.82, 2.24) is 9.97 Å². The molecule has 1 aromatic carbocycles. The normalized spacial score (nSPS) is 14.9. The van der Waals surface area contributed by atoms with Crippen LogP contribution in [-0.4, -0.2) is 41.1 Å². The molecule has 1 aromatic heterocycles. The minimum absolute atomic E-state index is 0.177. The maximum atomic E-state index is 11.3. The first-order valence-electron chi connectivity index (χ1n) is 7.59. The zero-order valence-corrected chi connectivity index (χ0v) is 13.3. The Balaban J connectivity index is 1.76. The largest absolute Gasteiger partial charge is 0.362 e. The lowest BCUT2D eigenvalue weighted by molar-refractivity contribution is -0.384. The van der Waals surface area contributed by atoms with Crippen LogP contribution in [0.4, 0.5) is 17.2 Å². The molecule has 2 aromatic rings. The van der Waals surface area contributed by atoms with E-state index in [4.69, 9.17) is 0 Å². The number of benzene rings is 1. The maximum absolute atomic E-state index is 11.3. The summed E-state index contributed by atoms with van der Waals surface area (Å²) in [5.41, 5.74) is 1.77. The Labute approximate surface area is 134 Å². The van der Waals surface area contributed by atoms with E-state index >= 15 is 0 Å². The number of piperazine rings is 1. The van der Waals surface area contributed by atoms with Gasteiger partial charge in [-0.15, -0.1) is 0 Å². The third-order valence-corrected chi connectivity index (χ3v) is 4.03. The van der Waals surface area contributed by atoms with E-state index in [2.05, 4.69) is 19.8 Å². The summed E-state index contributed by atoms with van der Waals surface area (Å²) in [6.07, 6.45) is 1.76. The van der Waals surface area contributed by atoms with E-state index in [1.54, 1.807) is 12.3 Å². The molecule has 1 fully saturated rings. The molecule has 23 heavy (non-hydrogen) atoms. The third-order valence-electron chi connectivity index (χ3n) is 4.03. The van der Waals surface area contributed by atoms with Crippen molar-refractivity contribution in [1.29, 1.82) is 0 Å². The van der Waals surface area contributed by atoms with Crippen LogP contribution in [0.2, 0.25) is 0 Å². The predicted octanol–water partition coefficient (Wildman–Crippen LogP) is 2.33. The maximum Gasteiger partial charge on any atom is 0.292 e. The summed E-state index contributed by atoms with van der Waals surface area (Å²) < 4.78 is 0. The van der Waals surface area contributed by atoms with Crippen molar-refractivity contribution < 1.29 is 4.92 Å². The van der Waals surface area contributed by atoms with Gasteiger partial charge in [0.2, 0.25) is 0 Å². The number of nitro groups is 1. The molecule has 1 saturated heterocycles. The Morgan fingerprint density at radius 1 is 1.09 bits per heavy atom. The Morgan fingerprint density at radius 3 is 2.43 bits per heavy atom. The molecule has 2 heterocycles. The van der Waals surface area contributed by atoms with Crippen LogP contribution in [-0.2, 0) is 0 Å². The fraction of sp³-hybridized carbons (Fsp3) is 0.375. The lowest BCUT2D eigenvalue weighted by atomic mass is 10.1. The number of hydrogen-bond acceptors (Lipinski definition) is 6.